The summed E-state index contributed by atoms with van der Waals surface area (Å²) in [5.74, 6) is 1.84. The van der Waals surface area contributed by atoms with E-state index in [1.54, 1.807) is 0 Å². The highest BCUT2D eigenvalue weighted by atomic mass is 16.6. The molecule has 0 saturated carbocycles. The van der Waals surface area contributed by atoms with Gasteiger partial charge < -0.3 is 19.3 Å². The molecule has 19 heavy (non-hydrogen) atoms. The highest BCUT2D eigenvalue weighted by molar-refractivity contribution is 5.47. The van der Waals surface area contributed by atoms with E-state index in [-0.39, 0.29) is 17.9 Å². The number of rotatable bonds is 4. The Labute approximate surface area is 113 Å². The molecule has 1 unspecified atom stereocenters. The first-order valence-corrected chi connectivity index (χ1v) is 6.89. The van der Waals surface area contributed by atoms with Crippen molar-refractivity contribution in [3.05, 3.63) is 23.8 Å². The number of ether oxygens (including phenoxy) is 3. The van der Waals surface area contributed by atoms with Crippen molar-refractivity contribution < 1.29 is 19.3 Å². The van der Waals surface area contributed by atoms with Gasteiger partial charge in [-0.15, -0.1) is 0 Å². The van der Waals surface area contributed by atoms with Crippen LogP contribution in [0.1, 0.15) is 18.9 Å². The first-order valence-electron chi connectivity index (χ1n) is 6.89. The van der Waals surface area contributed by atoms with E-state index in [2.05, 4.69) is 19.1 Å². The van der Waals surface area contributed by atoms with E-state index < -0.39 is 0 Å². The van der Waals surface area contributed by atoms with Gasteiger partial charge in [0.25, 0.3) is 0 Å². The summed E-state index contributed by atoms with van der Waals surface area (Å²) in [6, 6.07) is 6.09. The highest BCUT2D eigenvalue weighted by Crippen LogP contribution is 2.44. The van der Waals surface area contributed by atoms with Gasteiger partial charge in [-0.2, -0.15) is 0 Å². The summed E-state index contributed by atoms with van der Waals surface area (Å²) >= 11 is 0. The van der Waals surface area contributed by atoms with Gasteiger partial charge in [0, 0.05) is 12.0 Å². The maximum atomic E-state index is 9.61. The number of benzene rings is 1. The lowest BCUT2D eigenvalue weighted by molar-refractivity contribution is -0.101. The maximum absolute atomic E-state index is 9.61. The van der Waals surface area contributed by atoms with Gasteiger partial charge in [-0.3, -0.25) is 0 Å². The second-order valence-corrected chi connectivity index (χ2v) is 5.30. The SMILES string of the molecule is CCC(CO)C1(c2ccc3c(c2)OCCO3)COC1. The molecule has 1 fully saturated rings. The van der Waals surface area contributed by atoms with Gasteiger partial charge in [-0.1, -0.05) is 19.4 Å². The fourth-order valence-electron chi connectivity index (χ4n) is 3.01. The fraction of sp³-hybridized carbons (Fsp3) is 0.600. The summed E-state index contributed by atoms with van der Waals surface area (Å²) in [7, 11) is 0. The third-order valence-electron chi connectivity index (χ3n) is 4.33. The van der Waals surface area contributed by atoms with Crippen LogP contribution in [0.15, 0.2) is 18.2 Å². The van der Waals surface area contributed by atoms with Crippen LogP contribution < -0.4 is 9.47 Å². The fourth-order valence-corrected chi connectivity index (χ4v) is 3.01. The van der Waals surface area contributed by atoms with E-state index in [0.29, 0.717) is 26.4 Å². The number of hydrogen-bond acceptors (Lipinski definition) is 4. The van der Waals surface area contributed by atoms with E-state index in [1.165, 1.54) is 5.56 Å². The third kappa shape index (κ3) is 1.99. The Bertz CT molecular complexity index is 449. The number of hydrogen-bond donors (Lipinski definition) is 1. The summed E-state index contributed by atoms with van der Waals surface area (Å²) in [6.45, 7) is 4.84. The Morgan fingerprint density at radius 3 is 2.53 bits per heavy atom. The van der Waals surface area contributed by atoms with Gasteiger partial charge in [0.05, 0.1) is 13.2 Å². The van der Waals surface area contributed by atoms with Crippen LogP contribution >= 0.6 is 0 Å². The Hall–Kier alpha value is -1.26. The zero-order chi connectivity index (χ0) is 13.3. The molecule has 0 radical (unpaired) electrons. The van der Waals surface area contributed by atoms with Crippen LogP contribution in [0.3, 0.4) is 0 Å². The lowest BCUT2D eigenvalue weighted by atomic mass is 9.68. The van der Waals surface area contributed by atoms with E-state index in [4.69, 9.17) is 14.2 Å². The van der Waals surface area contributed by atoms with Gasteiger partial charge >= 0.3 is 0 Å². The van der Waals surface area contributed by atoms with Crippen molar-refractivity contribution in [1.82, 2.24) is 0 Å². The van der Waals surface area contributed by atoms with E-state index in [1.807, 2.05) is 6.07 Å². The molecule has 0 spiro atoms. The van der Waals surface area contributed by atoms with Crippen LogP contribution in [-0.4, -0.2) is 38.1 Å². The summed E-state index contributed by atoms with van der Waals surface area (Å²) in [6.07, 6.45) is 0.939. The van der Waals surface area contributed by atoms with Crippen molar-refractivity contribution in [2.45, 2.75) is 18.8 Å². The number of aliphatic hydroxyl groups excluding tert-OH is 1. The normalized spacial score (nSPS) is 21.6. The summed E-state index contributed by atoms with van der Waals surface area (Å²) in [5, 5.41) is 9.61. The van der Waals surface area contributed by atoms with Crippen LogP contribution in [0.25, 0.3) is 0 Å². The molecule has 2 aliphatic heterocycles. The van der Waals surface area contributed by atoms with E-state index >= 15 is 0 Å². The Morgan fingerprint density at radius 2 is 1.95 bits per heavy atom. The molecule has 0 aliphatic carbocycles. The average Bonchev–Trinajstić information content (AvgIpc) is 2.42. The molecule has 0 aromatic heterocycles. The topological polar surface area (TPSA) is 47.9 Å². The Morgan fingerprint density at radius 1 is 1.21 bits per heavy atom. The van der Waals surface area contributed by atoms with Crippen LogP contribution in [-0.2, 0) is 10.2 Å². The minimum absolute atomic E-state index is 0.0701. The summed E-state index contributed by atoms with van der Waals surface area (Å²) < 4.78 is 16.6. The molecule has 1 aromatic carbocycles. The largest absolute Gasteiger partial charge is 0.486 e. The molecule has 1 N–H and O–H groups in total. The minimum Gasteiger partial charge on any atom is -0.486 e. The van der Waals surface area contributed by atoms with Gasteiger partial charge in [0.1, 0.15) is 13.2 Å². The molecule has 4 nitrogen and oxygen atoms in total. The molecule has 0 amide bonds. The Kier molecular flexibility index (Phi) is 3.37. The molecular weight excluding hydrogens is 244 g/mol. The second kappa shape index (κ2) is 5.02. The lowest BCUT2D eigenvalue weighted by Gasteiger charge is -2.47. The second-order valence-electron chi connectivity index (χ2n) is 5.30. The van der Waals surface area contributed by atoms with Crippen LogP contribution in [0.5, 0.6) is 11.5 Å². The summed E-state index contributed by atoms with van der Waals surface area (Å²) in [5.41, 5.74) is 1.11. The predicted molar refractivity (Wildman–Crippen MR) is 70.8 cm³/mol. The molecule has 3 rings (SSSR count). The van der Waals surface area contributed by atoms with Crippen molar-refractivity contribution in [2.75, 3.05) is 33.0 Å². The number of fused-ring (bicyclic) bond motifs is 1. The first-order chi connectivity index (χ1) is 9.30. The molecule has 2 aliphatic rings. The lowest BCUT2D eigenvalue weighted by Crippen LogP contribution is -2.53. The zero-order valence-corrected chi connectivity index (χ0v) is 11.2. The molecule has 4 heteroatoms. The smallest absolute Gasteiger partial charge is 0.161 e. The predicted octanol–water partition coefficient (Wildman–Crippen LogP) is 1.74. The zero-order valence-electron chi connectivity index (χ0n) is 11.2. The first kappa shape index (κ1) is 12.8. The average molecular weight is 264 g/mol. The van der Waals surface area contributed by atoms with Gasteiger partial charge in [-0.05, 0) is 23.6 Å². The van der Waals surface area contributed by atoms with Gasteiger partial charge in [0.15, 0.2) is 11.5 Å². The maximum Gasteiger partial charge on any atom is 0.161 e. The van der Waals surface area contributed by atoms with Crippen molar-refractivity contribution in [2.24, 2.45) is 5.92 Å². The van der Waals surface area contributed by atoms with Crippen molar-refractivity contribution >= 4 is 0 Å². The molecule has 104 valence electrons. The molecular formula is C15H20O4. The van der Waals surface area contributed by atoms with Crippen LogP contribution in [0, 0.1) is 5.92 Å². The van der Waals surface area contributed by atoms with Crippen molar-refractivity contribution in [1.29, 1.82) is 0 Å². The molecule has 1 aromatic rings. The third-order valence-corrected chi connectivity index (χ3v) is 4.33. The molecule has 2 heterocycles. The molecule has 0 bridgehead atoms. The van der Waals surface area contributed by atoms with Crippen LogP contribution in [0.4, 0.5) is 0 Å². The van der Waals surface area contributed by atoms with Crippen molar-refractivity contribution in [3.63, 3.8) is 0 Å². The molecule has 1 saturated heterocycles. The van der Waals surface area contributed by atoms with Gasteiger partial charge in [-0.25, -0.2) is 0 Å². The van der Waals surface area contributed by atoms with Crippen molar-refractivity contribution in [3.8, 4) is 11.5 Å². The van der Waals surface area contributed by atoms with E-state index in [9.17, 15) is 5.11 Å². The quantitative estimate of drug-likeness (QED) is 0.900. The summed E-state index contributed by atoms with van der Waals surface area (Å²) in [4.78, 5) is 0. The highest BCUT2D eigenvalue weighted by Gasteiger charge is 2.46. The number of aliphatic hydroxyl groups is 1. The Balaban J connectivity index is 1.95. The minimum atomic E-state index is -0.0701. The molecule has 1 atom stereocenters. The van der Waals surface area contributed by atoms with Gasteiger partial charge in [0.2, 0.25) is 0 Å². The standard InChI is InChI=1S/C15H20O4/c1-2-11(8-16)15(9-17-10-15)12-3-4-13-14(7-12)19-6-5-18-13/h3-4,7,11,16H,2,5-6,8-10H2,1H3. The van der Waals surface area contributed by atoms with E-state index in [0.717, 1.165) is 17.9 Å². The monoisotopic (exact) mass is 264 g/mol. The van der Waals surface area contributed by atoms with Crippen LogP contribution in [0.2, 0.25) is 0 Å².